The zero-order valence-electron chi connectivity index (χ0n) is 8.67. The second-order valence-corrected chi connectivity index (χ2v) is 19.6. The Morgan fingerprint density at radius 2 is 1.23 bits per heavy atom. The molecule has 0 atom stereocenters. The summed E-state index contributed by atoms with van der Waals surface area (Å²) in [7, 11) is -0.841. The molecule has 0 saturated carbocycles. The summed E-state index contributed by atoms with van der Waals surface area (Å²) >= 11 is 17.3. The molecule has 0 rings (SSSR count). The van der Waals surface area contributed by atoms with Crippen LogP contribution in [0.5, 0.6) is 0 Å². The standard InChI is InChI=1S/C8H19Cl3Si2/c1-12(2,3)7-5-4-6-8-13(9,10)11/h4-8H2,1-3H3. The molecule has 0 spiro atoms. The van der Waals surface area contributed by atoms with Gasteiger partial charge < -0.3 is 0 Å². The topological polar surface area (TPSA) is 0 Å². The molecule has 0 aliphatic carbocycles. The largest absolute Gasteiger partial charge is 0.341 e. The summed E-state index contributed by atoms with van der Waals surface area (Å²) in [5, 5.41) is 0. The smallest absolute Gasteiger partial charge is 0.126 e. The van der Waals surface area contributed by atoms with E-state index in [-0.39, 0.29) is 0 Å². The van der Waals surface area contributed by atoms with Gasteiger partial charge in [0.05, 0.1) is 0 Å². The van der Waals surface area contributed by atoms with Crippen LogP contribution in [0.3, 0.4) is 0 Å². The highest BCUT2D eigenvalue weighted by molar-refractivity contribution is 7.64. The van der Waals surface area contributed by atoms with Crippen LogP contribution in [0.15, 0.2) is 0 Å². The molecule has 5 heteroatoms. The number of unbranched alkanes of at least 4 members (excludes halogenated alkanes) is 2. The summed E-state index contributed by atoms with van der Waals surface area (Å²) in [5.41, 5.74) is 0. The third kappa shape index (κ3) is 13.3. The maximum absolute atomic E-state index is 5.78. The lowest BCUT2D eigenvalue weighted by Gasteiger charge is -2.15. The molecule has 0 aromatic heterocycles. The van der Waals surface area contributed by atoms with Gasteiger partial charge in [-0.2, -0.15) is 0 Å². The molecule has 0 aliphatic rings. The van der Waals surface area contributed by atoms with E-state index >= 15 is 0 Å². The van der Waals surface area contributed by atoms with Gasteiger partial charge in [-0.3, -0.25) is 0 Å². The van der Waals surface area contributed by atoms with Gasteiger partial charge in [0.25, 0.3) is 0 Å². The van der Waals surface area contributed by atoms with Crippen molar-refractivity contribution in [2.75, 3.05) is 0 Å². The van der Waals surface area contributed by atoms with E-state index in [2.05, 4.69) is 19.6 Å². The van der Waals surface area contributed by atoms with Crippen molar-refractivity contribution >= 4 is 47.3 Å². The minimum absolute atomic E-state index is 0.823. The van der Waals surface area contributed by atoms with E-state index in [1.165, 1.54) is 18.9 Å². The Hall–Kier alpha value is 1.30. The average molecular weight is 278 g/mol. The van der Waals surface area contributed by atoms with E-state index in [4.69, 9.17) is 33.2 Å². The molecule has 0 aromatic carbocycles. The zero-order valence-corrected chi connectivity index (χ0v) is 12.9. The van der Waals surface area contributed by atoms with Crippen LogP contribution in [0.25, 0.3) is 0 Å². The van der Waals surface area contributed by atoms with Crippen LogP contribution in [-0.4, -0.2) is 14.1 Å². The van der Waals surface area contributed by atoms with Crippen molar-refractivity contribution in [2.45, 2.75) is 51.0 Å². The highest BCUT2D eigenvalue weighted by Crippen LogP contribution is 2.28. The molecule has 0 nitrogen and oxygen atoms in total. The maximum atomic E-state index is 5.78. The lowest BCUT2D eigenvalue weighted by atomic mass is 10.3. The van der Waals surface area contributed by atoms with E-state index in [9.17, 15) is 0 Å². The highest BCUT2D eigenvalue weighted by atomic mass is 35.8. The molecule has 13 heavy (non-hydrogen) atoms. The van der Waals surface area contributed by atoms with Gasteiger partial charge in [-0.05, 0) is 6.04 Å². The lowest BCUT2D eigenvalue weighted by molar-refractivity contribution is 0.760. The summed E-state index contributed by atoms with van der Waals surface area (Å²) in [6, 6.07) is -0.105. The van der Waals surface area contributed by atoms with Gasteiger partial charge in [-0.15, -0.1) is 33.2 Å². The summed E-state index contributed by atoms with van der Waals surface area (Å²) in [5.74, 6) is 0. The van der Waals surface area contributed by atoms with Crippen molar-refractivity contribution in [3.8, 4) is 0 Å². The molecule has 0 amide bonds. The van der Waals surface area contributed by atoms with Gasteiger partial charge in [0.15, 0.2) is 0 Å². The van der Waals surface area contributed by atoms with E-state index < -0.39 is 14.1 Å². The number of rotatable bonds is 6. The molecule has 0 fully saturated rings. The van der Waals surface area contributed by atoms with Crippen LogP contribution in [0.4, 0.5) is 0 Å². The van der Waals surface area contributed by atoms with Crippen molar-refractivity contribution in [1.29, 1.82) is 0 Å². The Morgan fingerprint density at radius 1 is 0.769 bits per heavy atom. The number of hydrogen-bond donors (Lipinski definition) is 0. The van der Waals surface area contributed by atoms with Crippen LogP contribution in [0.1, 0.15) is 19.3 Å². The van der Waals surface area contributed by atoms with Gasteiger partial charge >= 0.3 is 6.00 Å². The van der Waals surface area contributed by atoms with E-state index in [1.54, 1.807) is 0 Å². The lowest BCUT2D eigenvalue weighted by Crippen LogP contribution is -2.18. The van der Waals surface area contributed by atoms with Crippen LogP contribution in [0, 0.1) is 0 Å². The molecule has 0 unspecified atom stereocenters. The fourth-order valence-corrected chi connectivity index (χ4v) is 4.32. The second-order valence-electron chi connectivity index (χ2n) is 4.74. The quantitative estimate of drug-likeness (QED) is 0.358. The molecule has 0 saturated heterocycles. The summed E-state index contributed by atoms with van der Waals surface area (Å²) in [6.45, 7) is 7.20. The Labute approximate surface area is 98.1 Å². The van der Waals surface area contributed by atoms with Crippen molar-refractivity contribution in [2.24, 2.45) is 0 Å². The monoisotopic (exact) mass is 276 g/mol. The minimum atomic E-state index is -2.33. The molecule has 80 valence electrons. The number of halogens is 3. The van der Waals surface area contributed by atoms with Gasteiger partial charge in [0, 0.05) is 8.07 Å². The average Bonchev–Trinajstić information content (AvgIpc) is 1.81. The third-order valence-corrected chi connectivity index (χ3v) is 6.36. The normalized spacial score (nSPS) is 13.4. The van der Waals surface area contributed by atoms with E-state index in [1.807, 2.05) is 0 Å². The second kappa shape index (κ2) is 6.01. The zero-order chi connectivity index (χ0) is 10.5. The van der Waals surface area contributed by atoms with Crippen LogP contribution >= 0.6 is 33.2 Å². The predicted octanol–water partition coefficient (Wildman–Crippen LogP) is 5.15. The highest BCUT2D eigenvalue weighted by Gasteiger charge is 2.23. The minimum Gasteiger partial charge on any atom is -0.126 e. The SMILES string of the molecule is C[Si](C)(C)CCCCC[Si](Cl)(Cl)Cl. The van der Waals surface area contributed by atoms with Gasteiger partial charge in [0.1, 0.15) is 0 Å². The molecule has 0 bridgehead atoms. The first-order chi connectivity index (χ1) is 5.71. The van der Waals surface area contributed by atoms with E-state index in [0.717, 1.165) is 12.5 Å². The Kier molecular flexibility index (Phi) is 6.61. The molecule has 0 heterocycles. The first-order valence-electron chi connectivity index (χ1n) is 4.77. The van der Waals surface area contributed by atoms with Gasteiger partial charge in [0.2, 0.25) is 0 Å². The molecule has 0 N–H and O–H groups in total. The predicted molar refractivity (Wildman–Crippen MR) is 70.1 cm³/mol. The summed E-state index contributed by atoms with van der Waals surface area (Å²) in [6.07, 6.45) is 3.63. The van der Waals surface area contributed by atoms with Crippen molar-refractivity contribution in [3.05, 3.63) is 0 Å². The molecular weight excluding hydrogens is 259 g/mol. The molecular formula is C8H19Cl3Si2. The van der Waals surface area contributed by atoms with E-state index in [0.29, 0.717) is 0 Å². The fraction of sp³-hybridized carbons (Fsp3) is 1.00. The molecule has 0 aromatic rings. The fourth-order valence-electron chi connectivity index (χ4n) is 1.16. The van der Waals surface area contributed by atoms with Gasteiger partial charge in [-0.1, -0.05) is 44.9 Å². The first kappa shape index (κ1) is 14.3. The van der Waals surface area contributed by atoms with Gasteiger partial charge in [-0.25, -0.2) is 0 Å². The van der Waals surface area contributed by atoms with Crippen molar-refractivity contribution in [1.82, 2.24) is 0 Å². The molecule has 0 aliphatic heterocycles. The molecule has 0 radical (unpaired) electrons. The van der Waals surface area contributed by atoms with Crippen molar-refractivity contribution in [3.63, 3.8) is 0 Å². The van der Waals surface area contributed by atoms with Crippen LogP contribution in [-0.2, 0) is 0 Å². The Morgan fingerprint density at radius 3 is 1.62 bits per heavy atom. The van der Waals surface area contributed by atoms with Crippen LogP contribution < -0.4 is 0 Å². The summed E-state index contributed by atoms with van der Waals surface area (Å²) < 4.78 is 0. The Balaban J connectivity index is 3.28. The number of hydrogen-bond acceptors (Lipinski definition) is 0. The summed E-state index contributed by atoms with van der Waals surface area (Å²) in [4.78, 5) is 0. The Bertz CT molecular complexity index is 121. The third-order valence-electron chi connectivity index (χ3n) is 1.89. The van der Waals surface area contributed by atoms with Crippen molar-refractivity contribution < 1.29 is 0 Å². The first-order valence-corrected chi connectivity index (χ1v) is 13.7. The maximum Gasteiger partial charge on any atom is 0.341 e. The van der Waals surface area contributed by atoms with Crippen LogP contribution in [0.2, 0.25) is 31.7 Å².